The van der Waals surface area contributed by atoms with Gasteiger partial charge in [0.1, 0.15) is 5.82 Å². The topological polar surface area (TPSA) is 61.4 Å². The molecule has 0 saturated carbocycles. The van der Waals surface area contributed by atoms with Gasteiger partial charge in [-0.1, -0.05) is 24.3 Å². The Morgan fingerprint density at radius 3 is 2.46 bits per heavy atom. The van der Waals surface area contributed by atoms with E-state index in [1.54, 1.807) is 31.0 Å². The molecular formula is C20H24FN3O2. The van der Waals surface area contributed by atoms with E-state index in [1.165, 1.54) is 12.1 Å². The number of halogens is 1. The minimum Gasteiger partial charge on any atom is -0.325 e. The second-order valence-corrected chi connectivity index (χ2v) is 6.43. The summed E-state index contributed by atoms with van der Waals surface area (Å²) in [7, 11) is 1.67. The Morgan fingerprint density at radius 2 is 1.77 bits per heavy atom. The molecule has 0 saturated heterocycles. The molecule has 2 amide bonds. The van der Waals surface area contributed by atoms with Gasteiger partial charge in [0.15, 0.2) is 0 Å². The summed E-state index contributed by atoms with van der Waals surface area (Å²) in [6.45, 7) is 5.58. The maximum atomic E-state index is 13.6. The van der Waals surface area contributed by atoms with Gasteiger partial charge < -0.3 is 10.6 Å². The lowest BCUT2D eigenvalue weighted by Crippen LogP contribution is -2.43. The van der Waals surface area contributed by atoms with Crippen LogP contribution in [0.5, 0.6) is 0 Å². The Morgan fingerprint density at radius 1 is 1.08 bits per heavy atom. The second kappa shape index (κ2) is 8.58. The van der Waals surface area contributed by atoms with E-state index in [2.05, 4.69) is 10.6 Å². The van der Waals surface area contributed by atoms with Crippen LogP contribution in [0, 0.1) is 19.7 Å². The first-order valence-electron chi connectivity index (χ1n) is 8.40. The quantitative estimate of drug-likeness (QED) is 0.834. The second-order valence-electron chi connectivity index (χ2n) is 6.43. The van der Waals surface area contributed by atoms with Crippen LogP contribution in [0.4, 0.5) is 15.8 Å². The number of carbonyl (C=O) groups is 2. The van der Waals surface area contributed by atoms with Gasteiger partial charge >= 0.3 is 0 Å². The van der Waals surface area contributed by atoms with Crippen molar-refractivity contribution < 1.29 is 14.0 Å². The Labute approximate surface area is 153 Å². The van der Waals surface area contributed by atoms with Gasteiger partial charge in [-0.2, -0.15) is 0 Å². The van der Waals surface area contributed by atoms with Gasteiger partial charge in [0.05, 0.1) is 18.3 Å². The molecule has 1 atom stereocenters. The lowest BCUT2D eigenvalue weighted by molar-refractivity contribution is -0.122. The van der Waals surface area contributed by atoms with Crippen LogP contribution >= 0.6 is 0 Å². The van der Waals surface area contributed by atoms with Gasteiger partial charge in [0, 0.05) is 5.69 Å². The molecule has 5 nitrogen and oxygen atoms in total. The molecular weight excluding hydrogens is 333 g/mol. The van der Waals surface area contributed by atoms with Gasteiger partial charge in [-0.25, -0.2) is 4.39 Å². The molecule has 0 unspecified atom stereocenters. The molecule has 2 aromatic carbocycles. The highest BCUT2D eigenvalue weighted by Gasteiger charge is 2.21. The molecule has 2 N–H and O–H groups in total. The smallest absolute Gasteiger partial charge is 0.241 e. The number of carbonyl (C=O) groups excluding carboxylic acids is 2. The number of rotatable bonds is 6. The molecule has 0 aliphatic rings. The number of likely N-dealkylation sites (N-methyl/N-ethyl adjacent to an activating group) is 1. The van der Waals surface area contributed by atoms with Gasteiger partial charge in [-0.3, -0.25) is 14.5 Å². The predicted molar refractivity (Wildman–Crippen MR) is 102 cm³/mol. The summed E-state index contributed by atoms with van der Waals surface area (Å²) < 4.78 is 13.6. The molecule has 0 fully saturated rings. The van der Waals surface area contributed by atoms with E-state index in [1.807, 2.05) is 32.0 Å². The first-order valence-corrected chi connectivity index (χ1v) is 8.40. The van der Waals surface area contributed by atoms with Crippen molar-refractivity contribution in [2.75, 3.05) is 24.2 Å². The number of anilines is 2. The summed E-state index contributed by atoms with van der Waals surface area (Å²) >= 11 is 0. The standard InChI is InChI=1S/C20H24FN3O2/c1-13-9-10-14(2)18(11-13)22-19(25)12-24(4)15(3)20(26)23-17-8-6-5-7-16(17)21/h5-11,15H,12H2,1-4H3,(H,22,25)(H,23,26)/t15-/m1/s1. The molecule has 6 heteroatoms. The van der Waals surface area contributed by atoms with Crippen molar-refractivity contribution in [3.8, 4) is 0 Å². The number of hydrogen-bond donors (Lipinski definition) is 2. The van der Waals surface area contributed by atoms with E-state index in [-0.39, 0.29) is 24.0 Å². The van der Waals surface area contributed by atoms with E-state index in [0.29, 0.717) is 0 Å². The molecule has 0 aliphatic heterocycles. The van der Waals surface area contributed by atoms with E-state index >= 15 is 0 Å². The van der Waals surface area contributed by atoms with Crippen LogP contribution in [0.3, 0.4) is 0 Å². The zero-order chi connectivity index (χ0) is 19.3. The van der Waals surface area contributed by atoms with Crippen LogP contribution in [0.15, 0.2) is 42.5 Å². The summed E-state index contributed by atoms with van der Waals surface area (Å²) in [4.78, 5) is 26.2. The molecule has 0 heterocycles. The first kappa shape index (κ1) is 19.6. The fourth-order valence-corrected chi connectivity index (χ4v) is 2.42. The Bertz CT molecular complexity index is 807. The third-order valence-electron chi connectivity index (χ3n) is 4.23. The number of benzene rings is 2. The summed E-state index contributed by atoms with van der Waals surface area (Å²) in [5, 5.41) is 5.41. The van der Waals surface area contributed by atoms with Crippen LogP contribution in [-0.2, 0) is 9.59 Å². The van der Waals surface area contributed by atoms with Crippen molar-refractivity contribution in [2.45, 2.75) is 26.8 Å². The van der Waals surface area contributed by atoms with Crippen LogP contribution in [0.1, 0.15) is 18.1 Å². The minimum absolute atomic E-state index is 0.0409. The van der Waals surface area contributed by atoms with Crippen LogP contribution < -0.4 is 10.6 Å². The summed E-state index contributed by atoms with van der Waals surface area (Å²) in [5.41, 5.74) is 2.90. The van der Waals surface area contributed by atoms with Crippen molar-refractivity contribution in [2.24, 2.45) is 0 Å². The van der Waals surface area contributed by atoms with Crippen LogP contribution in [0.25, 0.3) is 0 Å². The van der Waals surface area contributed by atoms with Crippen molar-refractivity contribution in [3.05, 3.63) is 59.4 Å². The fourth-order valence-electron chi connectivity index (χ4n) is 2.42. The minimum atomic E-state index is -0.598. The normalized spacial score (nSPS) is 11.9. The zero-order valence-electron chi connectivity index (χ0n) is 15.5. The Balaban J connectivity index is 1.94. The highest BCUT2D eigenvalue weighted by molar-refractivity contribution is 5.96. The third-order valence-corrected chi connectivity index (χ3v) is 4.23. The highest BCUT2D eigenvalue weighted by Crippen LogP contribution is 2.16. The molecule has 2 aromatic rings. The van der Waals surface area contributed by atoms with Crippen molar-refractivity contribution in [1.29, 1.82) is 0 Å². The van der Waals surface area contributed by atoms with Crippen LogP contribution in [-0.4, -0.2) is 36.3 Å². The Kier molecular flexibility index (Phi) is 6.46. The number of hydrogen-bond acceptors (Lipinski definition) is 3. The highest BCUT2D eigenvalue weighted by atomic mass is 19.1. The Hall–Kier alpha value is -2.73. The molecule has 0 spiro atoms. The summed E-state index contributed by atoms with van der Waals surface area (Å²) in [5.74, 6) is -1.09. The lowest BCUT2D eigenvalue weighted by atomic mass is 10.1. The fraction of sp³-hybridized carbons (Fsp3) is 0.300. The van der Waals surface area contributed by atoms with E-state index in [0.717, 1.165) is 16.8 Å². The average Bonchev–Trinajstić information content (AvgIpc) is 2.59. The molecule has 0 bridgehead atoms. The molecule has 26 heavy (non-hydrogen) atoms. The van der Waals surface area contributed by atoms with Crippen LogP contribution in [0.2, 0.25) is 0 Å². The lowest BCUT2D eigenvalue weighted by Gasteiger charge is -2.23. The van der Waals surface area contributed by atoms with Gasteiger partial charge in [0.25, 0.3) is 0 Å². The number of aryl methyl sites for hydroxylation is 2. The molecule has 138 valence electrons. The number of nitrogens with zero attached hydrogens (tertiary/aromatic N) is 1. The number of nitrogens with one attached hydrogen (secondary N) is 2. The van der Waals surface area contributed by atoms with E-state index < -0.39 is 11.9 Å². The summed E-state index contributed by atoms with van der Waals surface area (Å²) in [6, 6.07) is 11.2. The SMILES string of the molecule is Cc1ccc(C)c(NC(=O)CN(C)[C@H](C)C(=O)Nc2ccccc2F)c1. The van der Waals surface area contributed by atoms with Crippen molar-refractivity contribution in [3.63, 3.8) is 0 Å². The third kappa shape index (κ3) is 5.13. The van der Waals surface area contributed by atoms with E-state index in [4.69, 9.17) is 0 Å². The average molecular weight is 357 g/mol. The monoisotopic (exact) mass is 357 g/mol. The van der Waals surface area contributed by atoms with Crippen molar-refractivity contribution in [1.82, 2.24) is 4.90 Å². The zero-order valence-corrected chi connectivity index (χ0v) is 15.5. The predicted octanol–water partition coefficient (Wildman–Crippen LogP) is 3.34. The van der Waals surface area contributed by atoms with Gasteiger partial charge in [-0.15, -0.1) is 0 Å². The largest absolute Gasteiger partial charge is 0.325 e. The molecule has 2 rings (SSSR count). The number of para-hydroxylation sites is 1. The summed E-state index contributed by atoms with van der Waals surface area (Å²) in [6.07, 6.45) is 0. The van der Waals surface area contributed by atoms with Gasteiger partial charge in [-0.05, 0) is 57.1 Å². The maximum absolute atomic E-state index is 13.6. The molecule has 0 radical (unpaired) electrons. The molecule has 0 aliphatic carbocycles. The maximum Gasteiger partial charge on any atom is 0.241 e. The van der Waals surface area contributed by atoms with Crippen molar-refractivity contribution >= 4 is 23.2 Å². The van der Waals surface area contributed by atoms with E-state index in [9.17, 15) is 14.0 Å². The number of amides is 2. The first-order chi connectivity index (χ1) is 12.3. The molecule has 0 aromatic heterocycles. The van der Waals surface area contributed by atoms with Gasteiger partial charge in [0.2, 0.25) is 11.8 Å².